The minimum Gasteiger partial charge on any atom is -0.387 e. The SMILES string of the molecule is CCCCCCCCCCCCCCCCCCCCCCC/C=C/CC/C=C/C(O)C(COP(=O)(O)OCC[N+](C)(C)C)NC(=O)CCCC. The Labute approximate surface area is 315 Å². The summed E-state index contributed by atoms with van der Waals surface area (Å²) >= 11 is 0. The van der Waals surface area contributed by atoms with Gasteiger partial charge in [0.1, 0.15) is 13.2 Å². The van der Waals surface area contributed by atoms with Crippen LogP contribution in [0.15, 0.2) is 24.3 Å². The maximum atomic E-state index is 12.4. The predicted octanol–water partition coefficient (Wildman–Crippen LogP) is 11.4. The average molecular weight is 744 g/mol. The highest BCUT2D eigenvalue weighted by molar-refractivity contribution is 7.47. The van der Waals surface area contributed by atoms with Gasteiger partial charge in [-0.2, -0.15) is 0 Å². The zero-order valence-corrected chi connectivity index (χ0v) is 35.0. The van der Waals surface area contributed by atoms with Crippen molar-refractivity contribution in [3.05, 3.63) is 24.3 Å². The number of rotatable bonds is 38. The summed E-state index contributed by atoms with van der Waals surface area (Å²) in [5.41, 5.74) is 0. The highest BCUT2D eigenvalue weighted by Crippen LogP contribution is 2.43. The number of likely N-dealkylation sites (N-methyl/N-ethyl adjacent to an activating group) is 1. The molecule has 3 unspecified atom stereocenters. The normalized spacial score (nSPS) is 14.7. The molecule has 0 saturated heterocycles. The maximum absolute atomic E-state index is 12.4. The lowest BCUT2D eigenvalue weighted by atomic mass is 10.0. The number of aliphatic hydroxyl groups is 1. The molecule has 0 aromatic carbocycles. The van der Waals surface area contributed by atoms with E-state index in [1.807, 2.05) is 34.1 Å². The molecule has 0 fully saturated rings. The maximum Gasteiger partial charge on any atom is 0.472 e. The Kier molecular flexibility index (Phi) is 34.0. The Morgan fingerprint density at radius 1 is 0.647 bits per heavy atom. The lowest BCUT2D eigenvalue weighted by Gasteiger charge is -2.25. The van der Waals surface area contributed by atoms with Crippen molar-refractivity contribution in [2.75, 3.05) is 40.9 Å². The Balaban J connectivity index is 3.93. The number of carbonyl (C=O) groups is 1. The topological polar surface area (TPSA) is 105 Å². The van der Waals surface area contributed by atoms with Crippen LogP contribution in [0.4, 0.5) is 0 Å². The van der Waals surface area contributed by atoms with Crippen LogP contribution in [0.2, 0.25) is 0 Å². The molecule has 0 bridgehead atoms. The number of nitrogens with zero attached hydrogens (tertiary/aromatic N) is 1. The van der Waals surface area contributed by atoms with Gasteiger partial charge >= 0.3 is 7.82 Å². The number of phosphoric ester groups is 1. The summed E-state index contributed by atoms with van der Waals surface area (Å²) in [6.07, 6.45) is 41.0. The Morgan fingerprint density at radius 3 is 1.55 bits per heavy atom. The van der Waals surface area contributed by atoms with Gasteiger partial charge in [0.2, 0.25) is 5.91 Å². The van der Waals surface area contributed by atoms with Gasteiger partial charge in [-0.3, -0.25) is 13.8 Å². The third-order valence-corrected chi connectivity index (χ3v) is 10.4. The fourth-order valence-electron chi connectivity index (χ4n) is 5.98. The van der Waals surface area contributed by atoms with E-state index in [0.717, 1.165) is 32.1 Å². The molecule has 3 atom stereocenters. The molecule has 0 saturated carbocycles. The van der Waals surface area contributed by atoms with E-state index >= 15 is 0 Å². The summed E-state index contributed by atoms with van der Waals surface area (Å²) in [6.45, 7) is 4.54. The molecule has 3 N–H and O–H groups in total. The number of unbranched alkanes of at least 4 members (excludes halogenated alkanes) is 23. The lowest BCUT2D eigenvalue weighted by molar-refractivity contribution is -0.870. The molecule has 0 rings (SSSR count). The predicted molar refractivity (Wildman–Crippen MR) is 217 cm³/mol. The number of quaternary nitrogens is 1. The van der Waals surface area contributed by atoms with Crippen LogP contribution in [0, 0.1) is 0 Å². The molecule has 0 aliphatic heterocycles. The van der Waals surface area contributed by atoms with Gasteiger partial charge in [0.15, 0.2) is 0 Å². The van der Waals surface area contributed by atoms with Gasteiger partial charge in [0.05, 0.1) is 39.9 Å². The molecular formula is C42H84N2O6P+. The highest BCUT2D eigenvalue weighted by atomic mass is 31.2. The van der Waals surface area contributed by atoms with Gasteiger partial charge in [-0.1, -0.05) is 173 Å². The molecule has 51 heavy (non-hydrogen) atoms. The first-order chi connectivity index (χ1) is 24.5. The van der Waals surface area contributed by atoms with Crippen LogP contribution >= 0.6 is 7.82 Å². The van der Waals surface area contributed by atoms with Crippen molar-refractivity contribution in [2.45, 2.75) is 199 Å². The van der Waals surface area contributed by atoms with Gasteiger partial charge in [-0.25, -0.2) is 4.57 Å². The summed E-state index contributed by atoms with van der Waals surface area (Å²) in [6, 6.07) is -0.854. The van der Waals surface area contributed by atoms with Gasteiger partial charge in [0, 0.05) is 6.42 Å². The summed E-state index contributed by atoms with van der Waals surface area (Å²) in [7, 11) is 1.55. The van der Waals surface area contributed by atoms with Crippen LogP contribution in [0.25, 0.3) is 0 Å². The molecule has 0 aliphatic carbocycles. The largest absolute Gasteiger partial charge is 0.472 e. The summed E-state index contributed by atoms with van der Waals surface area (Å²) in [5, 5.41) is 13.5. The van der Waals surface area contributed by atoms with Crippen molar-refractivity contribution in [3.8, 4) is 0 Å². The van der Waals surface area contributed by atoms with Crippen LogP contribution in [-0.4, -0.2) is 73.4 Å². The number of amides is 1. The highest BCUT2D eigenvalue weighted by Gasteiger charge is 2.27. The molecule has 0 heterocycles. The molecule has 0 aliphatic rings. The second-order valence-corrected chi connectivity index (χ2v) is 17.2. The first-order valence-electron chi connectivity index (χ1n) is 21.2. The lowest BCUT2D eigenvalue weighted by Crippen LogP contribution is -2.45. The molecule has 0 radical (unpaired) electrons. The van der Waals surface area contributed by atoms with Crippen LogP contribution in [-0.2, 0) is 18.4 Å². The molecule has 0 aromatic rings. The zero-order chi connectivity index (χ0) is 37.9. The number of aliphatic hydroxyl groups excluding tert-OH is 1. The van der Waals surface area contributed by atoms with Gasteiger partial charge in [0.25, 0.3) is 0 Å². The van der Waals surface area contributed by atoms with E-state index < -0.39 is 20.0 Å². The van der Waals surface area contributed by atoms with Gasteiger partial charge in [-0.15, -0.1) is 0 Å². The van der Waals surface area contributed by atoms with E-state index in [1.165, 1.54) is 135 Å². The van der Waals surface area contributed by atoms with Crippen molar-refractivity contribution < 1.29 is 32.9 Å². The monoisotopic (exact) mass is 744 g/mol. The fourth-order valence-corrected chi connectivity index (χ4v) is 6.71. The van der Waals surface area contributed by atoms with Crippen molar-refractivity contribution >= 4 is 13.7 Å². The summed E-state index contributed by atoms with van der Waals surface area (Å²) in [5.74, 6) is -0.222. The Hall–Kier alpha value is -1.02. The van der Waals surface area contributed by atoms with E-state index in [1.54, 1.807) is 6.08 Å². The average Bonchev–Trinajstić information content (AvgIpc) is 3.08. The number of phosphoric acid groups is 1. The number of allylic oxidation sites excluding steroid dienone is 3. The third-order valence-electron chi connectivity index (χ3n) is 9.42. The van der Waals surface area contributed by atoms with E-state index in [4.69, 9.17) is 9.05 Å². The first kappa shape index (κ1) is 50.0. The minimum absolute atomic E-state index is 0.0559. The van der Waals surface area contributed by atoms with Crippen LogP contribution < -0.4 is 5.32 Å². The van der Waals surface area contributed by atoms with Crippen LogP contribution in [0.5, 0.6) is 0 Å². The third kappa shape index (κ3) is 37.1. The molecule has 1 amide bonds. The number of carbonyl (C=O) groups excluding carboxylic acids is 1. The first-order valence-corrected chi connectivity index (χ1v) is 22.7. The zero-order valence-electron chi connectivity index (χ0n) is 34.1. The number of hydrogen-bond donors (Lipinski definition) is 3. The molecule has 9 heteroatoms. The summed E-state index contributed by atoms with van der Waals surface area (Å²) < 4.78 is 23.2. The number of nitrogens with one attached hydrogen (secondary N) is 1. The smallest absolute Gasteiger partial charge is 0.387 e. The molecule has 0 spiro atoms. The Bertz CT molecular complexity index is 891. The molecule has 0 aromatic heterocycles. The van der Waals surface area contributed by atoms with E-state index in [-0.39, 0.29) is 19.1 Å². The van der Waals surface area contributed by atoms with Crippen molar-refractivity contribution in [1.82, 2.24) is 5.32 Å². The Morgan fingerprint density at radius 2 is 1.08 bits per heavy atom. The second kappa shape index (κ2) is 34.7. The van der Waals surface area contributed by atoms with E-state index in [0.29, 0.717) is 17.4 Å². The fraction of sp³-hybridized carbons (Fsp3) is 0.881. The molecular weight excluding hydrogens is 659 g/mol. The second-order valence-electron chi connectivity index (χ2n) is 15.7. The van der Waals surface area contributed by atoms with Crippen molar-refractivity contribution in [3.63, 3.8) is 0 Å². The standard InChI is InChI=1S/C42H83N2O6P/c1-6-8-10-11-12-13-14-15-16-17-18-19-20-21-22-23-24-25-26-27-28-29-30-31-32-33-34-35-41(45)40(43-42(46)36-9-7-2)39-50-51(47,48)49-38-37-44(3,4)5/h30-31,34-35,40-41,45H,6-29,32-33,36-39H2,1-5H3,(H-,43,46,47,48)/p+1/b31-30+,35-34+. The molecule has 8 nitrogen and oxygen atoms in total. The van der Waals surface area contributed by atoms with E-state index in [2.05, 4.69) is 24.4 Å². The summed E-state index contributed by atoms with van der Waals surface area (Å²) in [4.78, 5) is 22.4. The van der Waals surface area contributed by atoms with Crippen LogP contribution in [0.1, 0.15) is 187 Å². The molecule has 302 valence electrons. The number of hydrogen-bond acceptors (Lipinski definition) is 5. The van der Waals surface area contributed by atoms with E-state index in [9.17, 15) is 19.4 Å². The van der Waals surface area contributed by atoms with Gasteiger partial charge in [-0.05, 0) is 32.1 Å². The van der Waals surface area contributed by atoms with Crippen LogP contribution in [0.3, 0.4) is 0 Å². The minimum atomic E-state index is -4.32. The quantitative estimate of drug-likeness (QED) is 0.0252. The van der Waals surface area contributed by atoms with Gasteiger partial charge < -0.3 is 19.8 Å². The van der Waals surface area contributed by atoms with Crippen molar-refractivity contribution in [2.24, 2.45) is 0 Å². The van der Waals surface area contributed by atoms with Crippen molar-refractivity contribution in [1.29, 1.82) is 0 Å².